The first-order chi connectivity index (χ1) is 14.7. The number of carbonyl (C=O) groups is 1. The number of nitrogens with one attached hydrogen (secondary N) is 1. The van der Waals surface area contributed by atoms with E-state index in [1.54, 1.807) is 6.92 Å². The maximum absolute atomic E-state index is 13.6. The van der Waals surface area contributed by atoms with Crippen LogP contribution in [0.4, 0.5) is 23.4 Å². The lowest BCUT2D eigenvalue weighted by atomic mass is 10.1. The predicted octanol–water partition coefficient (Wildman–Crippen LogP) is 4.43. The Morgan fingerprint density at radius 1 is 1.23 bits per heavy atom. The molecule has 1 aromatic heterocycles. The summed E-state index contributed by atoms with van der Waals surface area (Å²) in [7, 11) is 0. The summed E-state index contributed by atoms with van der Waals surface area (Å²) in [5, 5.41) is 3.15. The van der Waals surface area contributed by atoms with Gasteiger partial charge in [0.1, 0.15) is 16.7 Å². The first-order valence-electron chi connectivity index (χ1n) is 9.81. The molecule has 0 unspecified atom stereocenters. The number of ether oxygens (including phenoxy) is 1. The molecule has 31 heavy (non-hydrogen) atoms. The molecule has 1 fully saturated rings. The molecular weight excluding hydrogens is 434 g/mol. The zero-order valence-corrected chi connectivity index (χ0v) is 18.0. The molecule has 0 aliphatic carbocycles. The van der Waals surface area contributed by atoms with Gasteiger partial charge in [0, 0.05) is 19.6 Å². The molecule has 10 heteroatoms. The average Bonchev–Trinajstić information content (AvgIpc) is 2.71. The van der Waals surface area contributed by atoms with Gasteiger partial charge in [-0.25, -0.2) is 9.37 Å². The van der Waals surface area contributed by atoms with E-state index >= 15 is 0 Å². The van der Waals surface area contributed by atoms with Gasteiger partial charge in [0.15, 0.2) is 0 Å². The third-order valence-electron chi connectivity index (χ3n) is 4.75. The normalized spacial score (nSPS) is 14.6. The number of amides is 1. The molecule has 1 amide bonds. The average molecular weight is 457 g/mol. The van der Waals surface area contributed by atoms with Gasteiger partial charge in [0.25, 0.3) is 5.91 Å². The minimum absolute atomic E-state index is 0.0286. The molecule has 2 aromatic rings. The number of pyridine rings is 1. The third kappa shape index (κ3) is 5.88. The number of thioether (sulfide) groups is 1. The van der Waals surface area contributed by atoms with Crippen molar-refractivity contribution < 1.29 is 27.1 Å². The second kappa shape index (κ2) is 9.86. The summed E-state index contributed by atoms with van der Waals surface area (Å²) in [6, 6.07) is 4.06. The zero-order valence-electron chi connectivity index (χ0n) is 17.2. The highest BCUT2D eigenvalue weighted by Gasteiger charge is 2.31. The molecule has 1 aliphatic heterocycles. The fourth-order valence-electron chi connectivity index (χ4n) is 3.29. The minimum atomic E-state index is -4.67. The van der Waals surface area contributed by atoms with Crippen LogP contribution in [0.5, 0.6) is 0 Å². The number of hydrogen-bond acceptors (Lipinski definition) is 5. The van der Waals surface area contributed by atoms with Gasteiger partial charge in [0.2, 0.25) is 0 Å². The van der Waals surface area contributed by atoms with Crippen LogP contribution in [0.25, 0.3) is 0 Å². The molecule has 2 heterocycles. The second-order valence-electron chi connectivity index (χ2n) is 7.04. The number of carbonyl (C=O) groups excluding carboxylic acids is 1. The molecular formula is C21H23F4N3O2S. The lowest BCUT2D eigenvalue weighted by Gasteiger charge is -2.28. The highest BCUT2D eigenvalue weighted by atomic mass is 32.2. The second-order valence-corrected chi connectivity index (χ2v) is 8.29. The van der Waals surface area contributed by atoms with Crippen LogP contribution in [-0.4, -0.2) is 42.9 Å². The van der Waals surface area contributed by atoms with E-state index in [1.807, 2.05) is 13.0 Å². The van der Waals surface area contributed by atoms with Gasteiger partial charge in [-0.05, 0) is 48.1 Å². The topological polar surface area (TPSA) is 54.5 Å². The van der Waals surface area contributed by atoms with Crippen molar-refractivity contribution >= 4 is 23.5 Å². The number of alkyl halides is 3. The van der Waals surface area contributed by atoms with Crippen molar-refractivity contribution in [3.05, 3.63) is 52.3 Å². The molecule has 1 aromatic carbocycles. The number of morpholine rings is 1. The van der Waals surface area contributed by atoms with Crippen molar-refractivity contribution in [2.45, 2.75) is 31.6 Å². The van der Waals surface area contributed by atoms with Crippen LogP contribution in [0.1, 0.15) is 34.0 Å². The summed E-state index contributed by atoms with van der Waals surface area (Å²) in [5.74, 6) is -0.0208. The molecule has 0 atom stereocenters. The maximum atomic E-state index is 13.6. The Morgan fingerprint density at radius 2 is 1.94 bits per heavy atom. The van der Waals surface area contributed by atoms with E-state index in [1.165, 1.54) is 11.8 Å². The van der Waals surface area contributed by atoms with Crippen molar-refractivity contribution in [2.24, 2.45) is 0 Å². The first-order valence-corrected chi connectivity index (χ1v) is 10.8. The van der Waals surface area contributed by atoms with Crippen LogP contribution >= 0.6 is 11.8 Å². The number of nitrogens with zero attached hydrogens (tertiary/aromatic N) is 2. The van der Waals surface area contributed by atoms with Gasteiger partial charge in [-0.15, -0.1) is 11.8 Å². The van der Waals surface area contributed by atoms with E-state index in [9.17, 15) is 22.4 Å². The maximum Gasteiger partial charge on any atom is 0.416 e. The smallest absolute Gasteiger partial charge is 0.378 e. The van der Waals surface area contributed by atoms with E-state index in [4.69, 9.17) is 4.74 Å². The Bertz CT molecular complexity index is 947. The van der Waals surface area contributed by atoms with Crippen LogP contribution in [0.3, 0.4) is 0 Å². The number of anilines is 1. The number of benzene rings is 1. The van der Waals surface area contributed by atoms with Gasteiger partial charge in [-0.2, -0.15) is 13.2 Å². The lowest BCUT2D eigenvalue weighted by Crippen LogP contribution is -2.37. The molecule has 0 saturated carbocycles. The Morgan fingerprint density at radius 3 is 2.58 bits per heavy atom. The minimum Gasteiger partial charge on any atom is -0.378 e. The monoisotopic (exact) mass is 457 g/mol. The van der Waals surface area contributed by atoms with Crippen molar-refractivity contribution in [1.29, 1.82) is 0 Å². The molecule has 3 rings (SSSR count). The molecule has 168 valence electrons. The molecule has 0 radical (unpaired) electrons. The van der Waals surface area contributed by atoms with Gasteiger partial charge >= 0.3 is 6.18 Å². The Hall–Kier alpha value is -2.33. The Balaban J connectivity index is 1.82. The number of aromatic nitrogens is 1. The molecule has 5 nitrogen and oxygen atoms in total. The van der Waals surface area contributed by atoms with Gasteiger partial charge < -0.3 is 15.0 Å². The summed E-state index contributed by atoms with van der Waals surface area (Å²) < 4.78 is 57.7. The van der Waals surface area contributed by atoms with E-state index in [0.717, 1.165) is 18.0 Å². The highest BCUT2D eigenvalue weighted by molar-refractivity contribution is 7.99. The summed E-state index contributed by atoms with van der Waals surface area (Å²) >= 11 is 1.41. The van der Waals surface area contributed by atoms with Crippen molar-refractivity contribution in [2.75, 3.05) is 37.0 Å². The molecule has 1 aliphatic rings. The quantitative estimate of drug-likeness (QED) is 0.514. The number of halogens is 4. The van der Waals surface area contributed by atoms with Crippen LogP contribution in [0.15, 0.2) is 29.3 Å². The highest BCUT2D eigenvalue weighted by Crippen LogP contribution is 2.31. The van der Waals surface area contributed by atoms with E-state index < -0.39 is 23.5 Å². The molecule has 1 saturated heterocycles. The largest absolute Gasteiger partial charge is 0.416 e. The summed E-state index contributed by atoms with van der Waals surface area (Å²) in [6.45, 7) is 6.12. The van der Waals surface area contributed by atoms with Crippen LogP contribution in [0, 0.1) is 12.7 Å². The number of hydrogen-bond donors (Lipinski definition) is 1. The SMILES string of the molecule is CCSc1nc(N2CCOCC2)cc(C)c1C(=O)NCc1cc(F)cc(C(F)(F)F)c1. The van der Waals surface area contributed by atoms with E-state index in [2.05, 4.69) is 15.2 Å². The van der Waals surface area contributed by atoms with Crippen molar-refractivity contribution in [1.82, 2.24) is 10.3 Å². The molecule has 0 bridgehead atoms. The first kappa shape index (κ1) is 23.3. The van der Waals surface area contributed by atoms with Crippen LogP contribution < -0.4 is 10.2 Å². The fourth-order valence-corrected chi connectivity index (χ4v) is 4.11. The van der Waals surface area contributed by atoms with E-state index in [-0.39, 0.29) is 12.1 Å². The van der Waals surface area contributed by atoms with Gasteiger partial charge in [-0.3, -0.25) is 4.79 Å². The predicted molar refractivity (Wildman–Crippen MR) is 111 cm³/mol. The van der Waals surface area contributed by atoms with Gasteiger partial charge in [-0.1, -0.05) is 6.92 Å². The summed E-state index contributed by atoms with van der Waals surface area (Å²) in [6.07, 6.45) is -4.67. The lowest BCUT2D eigenvalue weighted by molar-refractivity contribution is -0.137. The summed E-state index contributed by atoms with van der Waals surface area (Å²) in [5.41, 5.74) is 0.0177. The van der Waals surface area contributed by atoms with Crippen molar-refractivity contribution in [3.8, 4) is 0 Å². The number of rotatable bonds is 6. The Labute approximate surface area is 182 Å². The zero-order chi connectivity index (χ0) is 22.6. The van der Waals surface area contributed by atoms with Crippen molar-refractivity contribution in [3.63, 3.8) is 0 Å². The van der Waals surface area contributed by atoms with Crippen LogP contribution in [0.2, 0.25) is 0 Å². The fraction of sp³-hybridized carbons (Fsp3) is 0.429. The summed E-state index contributed by atoms with van der Waals surface area (Å²) in [4.78, 5) is 19.6. The van der Waals surface area contributed by atoms with E-state index in [0.29, 0.717) is 54.3 Å². The Kier molecular flexibility index (Phi) is 7.42. The third-order valence-corrected chi connectivity index (χ3v) is 5.61. The standard InChI is InChI=1S/C21H23F4N3O2S/c1-3-31-20-18(13(2)8-17(27-20)28-4-6-30-7-5-28)19(29)26-12-14-9-15(21(23,24)25)11-16(22)10-14/h8-11H,3-7,12H2,1-2H3,(H,26,29). The van der Waals surface area contributed by atoms with Crippen LogP contribution in [-0.2, 0) is 17.5 Å². The molecule has 1 N–H and O–H groups in total. The number of aryl methyl sites for hydroxylation is 1. The van der Waals surface area contributed by atoms with Gasteiger partial charge in [0.05, 0.1) is 24.3 Å². The molecule has 0 spiro atoms.